The molecule has 1 heterocycles. The smallest absolute Gasteiger partial charge is 0.328 e. The summed E-state index contributed by atoms with van der Waals surface area (Å²) in [5, 5.41) is 23.1. The van der Waals surface area contributed by atoms with Crippen molar-refractivity contribution in [3.8, 4) is 6.07 Å². The molecule has 2 atom stereocenters. The molecule has 1 saturated carbocycles. The van der Waals surface area contributed by atoms with E-state index in [0.29, 0.717) is 12.5 Å². The predicted octanol–water partition coefficient (Wildman–Crippen LogP) is 1.40. The Balaban J connectivity index is 2.30. The highest BCUT2D eigenvalue weighted by atomic mass is 16.6. The molecule has 1 aliphatic rings. The van der Waals surface area contributed by atoms with Gasteiger partial charge in [0, 0.05) is 12.2 Å². The standard InChI is InChI=1S/C12H15N5O2/c13-6-8-2-1-3-10(8)16-12-11(17(18)19)9(7-14)4-5-15-12/h4-5,8,10H,1-3,6,13H2,(H,15,16). The Labute approximate surface area is 110 Å². The molecule has 1 fully saturated rings. The molecule has 0 radical (unpaired) electrons. The van der Waals surface area contributed by atoms with Gasteiger partial charge in [0.05, 0.1) is 4.92 Å². The van der Waals surface area contributed by atoms with E-state index >= 15 is 0 Å². The van der Waals surface area contributed by atoms with E-state index < -0.39 is 4.92 Å². The number of nitrogens with zero attached hydrogens (tertiary/aromatic N) is 3. The number of nitrogens with one attached hydrogen (secondary N) is 1. The zero-order valence-electron chi connectivity index (χ0n) is 10.4. The zero-order chi connectivity index (χ0) is 13.8. The molecule has 2 rings (SSSR count). The number of hydrogen-bond acceptors (Lipinski definition) is 6. The molecule has 0 aliphatic heterocycles. The van der Waals surface area contributed by atoms with Crippen molar-refractivity contribution >= 4 is 11.5 Å². The van der Waals surface area contributed by atoms with E-state index in [-0.39, 0.29) is 23.1 Å². The molecule has 7 nitrogen and oxygen atoms in total. The average molecular weight is 261 g/mol. The molecular formula is C12H15N5O2. The van der Waals surface area contributed by atoms with Crippen molar-refractivity contribution in [2.75, 3.05) is 11.9 Å². The molecule has 2 unspecified atom stereocenters. The minimum atomic E-state index is -0.569. The van der Waals surface area contributed by atoms with Crippen molar-refractivity contribution in [3.05, 3.63) is 27.9 Å². The lowest BCUT2D eigenvalue weighted by molar-refractivity contribution is -0.384. The minimum Gasteiger partial charge on any atom is -0.361 e. The first-order chi connectivity index (χ1) is 9.17. The number of nitro groups is 1. The monoisotopic (exact) mass is 261 g/mol. The molecule has 0 amide bonds. The summed E-state index contributed by atoms with van der Waals surface area (Å²) in [4.78, 5) is 14.5. The Kier molecular flexibility index (Phi) is 3.92. The van der Waals surface area contributed by atoms with Gasteiger partial charge in [0.15, 0.2) is 0 Å². The van der Waals surface area contributed by atoms with Crippen molar-refractivity contribution in [1.29, 1.82) is 5.26 Å². The van der Waals surface area contributed by atoms with Crippen molar-refractivity contribution in [2.45, 2.75) is 25.3 Å². The third-order valence-electron chi connectivity index (χ3n) is 3.51. The highest BCUT2D eigenvalue weighted by Gasteiger charge is 2.29. The Bertz CT molecular complexity index is 525. The number of rotatable bonds is 4. The summed E-state index contributed by atoms with van der Waals surface area (Å²) >= 11 is 0. The Morgan fingerprint density at radius 1 is 1.63 bits per heavy atom. The fraction of sp³-hybridized carbons (Fsp3) is 0.500. The Morgan fingerprint density at radius 2 is 2.42 bits per heavy atom. The van der Waals surface area contributed by atoms with Crippen LogP contribution in [0.4, 0.5) is 11.5 Å². The highest BCUT2D eigenvalue weighted by molar-refractivity contribution is 5.64. The van der Waals surface area contributed by atoms with Gasteiger partial charge in [0.2, 0.25) is 5.82 Å². The van der Waals surface area contributed by atoms with Gasteiger partial charge in [-0.25, -0.2) is 4.98 Å². The van der Waals surface area contributed by atoms with E-state index in [2.05, 4.69) is 10.3 Å². The summed E-state index contributed by atoms with van der Waals surface area (Å²) in [6, 6.07) is 3.25. The van der Waals surface area contributed by atoms with Gasteiger partial charge < -0.3 is 11.1 Å². The van der Waals surface area contributed by atoms with E-state index in [9.17, 15) is 10.1 Å². The second-order valence-electron chi connectivity index (χ2n) is 4.60. The van der Waals surface area contributed by atoms with Gasteiger partial charge in [-0.1, -0.05) is 6.42 Å². The van der Waals surface area contributed by atoms with Crippen LogP contribution in [0.5, 0.6) is 0 Å². The number of nitrogens with two attached hydrogens (primary N) is 1. The van der Waals surface area contributed by atoms with Gasteiger partial charge in [0.25, 0.3) is 0 Å². The predicted molar refractivity (Wildman–Crippen MR) is 69.4 cm³/mol. The fourth-order valence-corrected chi connectivity index (χ4v) is 2.52. The highest BCUT2D eigenvalue weighted by Crippen LogP contribution is 2.31. The number of nitriles is 1. The zero-order valence-corrected chi connectivity index (χ0v) is 10.4. The van der Waals surface area contributed by atoms with Gasteiger partial charge in [-0.3, -0.25) is 10.1 Å². The van der Waals surface area contributed by atoms with Crippen LogP contribution in [0.3, 0.4) is 0 Å². The Morgan fingerprint density at radius 3 is 3.05 bits per heavy atom. The van der Waals surface area contributed by atoms with Crippen LogP contribution in [-0.4, -0.2) is 22.5 Å². The summed E-state index contributed by atoms with van der Waals surface area (Å²) < 4.78 is 0. The van der Waals surface area contributed by atoms with Crippen molar-refractivity contribution in [3.63, 3.8) is 0 Å². The number of pyridine rings is 1. The van der Waals surface area contributed by atoms with E-state index in [1.54, 1.807) is 0 Å². The number of hydrogen-bond donors (Lipinski definition) is 2. The van der Waals surface area contributed by atoms with E-state index in [0.717, 1.165) is 19.3 Å². The second kappa shape index (κ2) is 5.63. The van der Waals surface area contributed by atoms with Crippen LogP contribution in [0.25, 0.3) is 0 Å². The van der Waals surface area contributed by atoms with Crippen LogP contribution in [0.2, 0.25) is 0 Å². The first-order valence-electron chi connectivity index (χ1n) is 6.17. The summed E-state index contributed by atoms with van der Waals surface area (Å²) in [6.07, 6.45) is 4.38. The number of anilines is 1. The molecule has 100 valence electrons. The largest absolute Gasteiger partial charge is 0.361 e. The molecule has 0 spiro atoms. The molecule has 0 bridgehead atoms. The van der Waals surface area contributed by atoms with Crippen molar-refractivity contribution in [2.24, 2.45) is 11.7 Å². The SMILES string of the molecule is N#Cc1ccnc(NC2CCCC2CN)c1[N+](=O)[O-]. The van der Waals surface area contributed by atoms with Gasteiger partial charge in [-0.05, 0) is 31.4 Å². The third-order valence-corrected chi connectivity index (χ3v) is 3.51. The Hall–Kier alpha value is -2.20. The van der Waals surface area contributed by atoms with E-state index in [4.69, 9.17) is 11.0 Å². The maximum Gasteiger partial charge on any atom is 0.328 e. The van der Waals surface area contributed by atoms with E-state index in [1.165, 1.54) is 12.3 Å². The quantitative estimate of drug-likeness (QED) is 0.624. The van der Waals surface area contributed by atoms with Gasteiger partial charge in [-0.2, -0.15) is 5.26 Å². The molecule has 3 N–H and O–H groups in total. The maximum absolute atomic E-state index is 11.1. The van der Waals surface area contributed by atoms with Gasteiger partial charge >= 0.3 is 5.69 Å². The third kappa shape index (κ3) is 2.63. The summed E-state index contributed by atoms with van der Waals surface area (Å²) in [5.74, 6) is 0.460. The molecule has 1 aromatic rings. The molecule has 7 heteroatoms. The average Bonchev–Trinajstić information content (AvgIpc) is 2.85. The van der Waals surface area contributed by atoms with Gasteiger partial charge in [0.1, 0.15) is 11.6 Å². The molecule has 1 aliphatic carbocycles. The molecule has 0 saturated heterocycles. The molecule has 19 heavy (non-hydrogen) atoms. The lowest BCUT2D eigenvalue weighted by Crippen LogP contribution is -2.30. The summed E-state index contributed by atoms with van der Waals surface area (Å²) in [7, 11) is 0. The fourth-order valence-electron chi connectivity index (χ4n) is 2.52. The van der Waals surface area contributed by atoms with Crippen molar-refractivity contribution in [1.82, 2.24) is 4.98 Å². The first-order valence-corrected chi connectivity index (χ1v) is 6.17. The van der Waals surface area contributed by atoms with Crippen LogP contribution in [0, 0.1) is 27.4 Å². The molecular weight excluding hydrogens is 246 g/mol. The van der Waals surface area contributed by atoms with Crippen molar-refractivity contribution < 1.29 is 4.92 Å². The second-order valence-corrected chi connectivity index (χ2v) is 4.60. The maximum atomic E-state index is 11.1. The first kappa shape index (κ1) is 13.2. The summed E-state index contributed by atoms with van der Waals surface area (Å²) in [5.41, 5.74) is 5.45. The number of aromatic nitrogens is 1. The van der Waals surface area contributed by atoms with E-state index in [1.807, 2.05) is 6.07 Å². The minimum absolute atomic E-state index is 0.0183. The molecule has 1 aromatic heterocycles. The van der Waals surface area contributed by atoms with Crippen LogP contribution in [0.1, 0.15) is 24.8 Å². The summed E-state index contributed by atoms with van der Waals surface area (Å²) in [6.45, 7) is 0.545. The van der Waals surface area contributed by atoms with Crippen LogP contribution in [0.15, 0.2) is 12.3 Å². The lowest BCUT2D eigenvalue weighted by Gasteiger charge is -2.19. The normalized spacial score (nSPS) is 21.9. The molecule has 0 aromatic carbocycles. The lowest BCUT2D eigenvalue weighted by atomic mass is 10.0. The van der Waals surface area contributed by atoms with Gasteiger partial charge in [-0.15, -0.1) is 0 Å². The topological polar surface area (TPSA) is 118 Å². The van der Waals surface area contributed by atoms with Crippen LogP contribution >= 0.6 is 0 Å². The van der Waals surface area contributed by atoms with Crippen LogP contribution in [-0.2, 0) is 0 Å². The van der Waals surface area contributed by atoms with Crippen LogP contribution < -0.4 is 11.1 Å².